The van der Waals surface area contributed by atoms with E-state index >= 15 is 0 Å². The van der Waals surface area contributed by atoms with Gasteiger partial charge in [-0.1, -0.05) is 261 Å². The van der Waals surface area contributed by atoms with Gasteiger partial charge >= 0.3 is 0 Å². The fraction of sp³-hybridized carbons (Fsp3) is 0.836. The standard InChI is InChI=1S/C67H121NO13/c1-3-5-7-9-11-13-15-17-19-20-21-22-23-24-25-26-27-28-29-30-31-32-33-34-35-37-38-40-42-44-46-48-50-56(71)55(68-59(72)51-49-47-45-43-41-39-36-18-16-14-12-10-8-6-4-2)54-78-66-64(77)62(75)65(58(53-70)80-66)81-67-63(76)61(74)60(73)57(52-69)79-67/h6,8,12,14,18,36,41,43,48,50,55-58,60-67,69-71,73-77H,3-5,7,9-11,13,15-17,19-35,37-40,42,44-47,49,51-54H2,1-2H3,(H,68,72)/b8-6-,14-12-,36-18-,43-41-,50-48+. The fourth-order valence-electron chi connectivity index (χ4n) is 10.7. The van der Waals surface area contributed by atoms with E-state index in [9.17, 15) is 45.6 Å². The first-order valence-corrected chi connectivity index (χ1v) is 33.0. The largest absolute Gasteiger partial charge is 0.394 e. The first kappa shape index (κ1) is 74.8. The van der Waals surface area contributed by atoms with Gasteiger partial charge in [-0.05, 0) is 57.8 Å². The van der Waals surface area contributed by atoms with Crippen LogP contribution in [0, 0.1) is 0 Å². The highest BCUT2D eigenvalue weighted by Crippen LogP contribution is 2.30. The van der Waals surface area contributed by atoms with E-state index in [0.717, 1.165) is 57.8 Å². The Bertz CT molecular complexity index is 1590. The number of hydrogen-bond acceptors (Lipinski definition) is 13. The van der Waals surface area contributed by atoms with Crippen molar-refractivity contribution in [1.29, 1.82) is 0 Å². The third-order valence-electron chi connectivity index (χ3n) is 16.0. The van der Waals surface area contributed by atoms with E-state index in [0.29, 0.717) is 6.42 Å². The smallest absolute Gasteiger partial charge is 0.220 e. The first-order chi connectivity index (χ1) is 39.6. The zero-order valence-electron chi connectivity index (χ0n) is 51.0. The summed E-state index contributed by atoms with van der Waals surface area (Å²) >= 11 is 0. The van der Waals surface area contributed by atoms with Gasteiger partial charge in [-0.3, -0.25) is 4.79 Å². The number of allylic oxidation sites excluding steroid dienone is 9. The van der Waals surface area contributed by atoms with Crippen LogP contribution in [-0.2, 0) is 23.7 Å². The van der Waals surface area contributed by atoms with Gasteiger partial charge in [-0.15, -0.1) is 0 Å². The van der Waals surface area contributed by atoms with Crippen LogP contribution in [0.1, 0.15) is 264 Å². The van der Waals surface area contributed by atoms with Gasteiger partial charge in [0, 0.05) is 6.42 Å². The molecule has 14 heteroatoms. The van der Waals surface area contributed by atoms with E-state index in [1.165, 1.54) is 180 Å². The first-order valence-electron chi connectivity index (χ1n) is 33.0. The van der Waals surface area contributed by atoms with Crippen LogP contribution in [0.25, 0.3) is 0 Å². The summed E-state index contributed by atoms with van der Waals surface area (Å²) in [6.45, 7) is 2.67. The summed E-state index contributed by atoms with van der Waals surface area (Å²) in [5, 5.41) is 87.2. The van der Waals surface area contributed by atoms with Gasteiger partial charge in [0.1, 0.15) is 48.8 Å². The van der Waals surface area contributed by atoms with Gasteiger partial charge in [-0.2, -0.15) is 0 Å². The molecule has 12 atom stereocenters. The number of rotatable bonds is 53. The summed E-state index contributed by atoms with van der Waals surface area (Å²) < 4.78 is 22.8. The molecule has 0 aromatic carbocycles. The summed E-state index contributed by atoms with van der Waals surface area (Å²) in [6, 6.07) is -0.940. The SMILES string of the molecule is CC/C=C\C/C=C\C/C=C\C/C=C\CCCCC(=O)NC(COC1OC(CO)C(OC2OC(CO)C(O)C(O)C2O)C(O)C1O)C(O)/C=C/CCCCCCCCCCCCCCCCCCCCCCCCCCCCCCCC. The number of hydrogen-bond donors (Lipinski definition) is 9. The quantitative estimate of drug-likeness (QED) is 0.0204. The van der Waals surface area contributed by atoms with E-state index in [2.05, 4.69) is 67.8 Å². The Morgan fingerprint density at radius 2 is 0.852 bits per heavy atom. The molecule has 2 fully saturated rings. The molecule has 1 amide bonds. The van der Waals surface area contributed by atoms with Crippen LogP contribution in [0.4, 0.5) is 0 Å². The highest BCUT2D eigenvalue weighted by Gasteiger charge is 2.51. The number of aliphatic hydroxyl groups excluding tert-OH is 8. The maximum atomic E-state index is 13.2. The summed E-state index contributed by atoms with van der Waals surface area (Å²) in [6.07, 6.45) is 51.5. The molecule has 0 aliphatic carbocycles. The highest BCUT2D eigenvalue weighted by atomic mass is 16.7. The maximum absolute atomic E-state index is 13.2. The van der Waals surface area contributed by atoms with Gasteiger partial charge in [0.2, 0.25) is 5.91 Å². The van der Waals surface area contributed by atoms with Gasteiger partial charge in [-0.25, -0.2) is 0 Å². The fourth-order valence-corrected chi connectivity index (χ4v) is 10.7. The molecule has 2 aliphatic rings. The third kappa shape index (κ3) is 37.0. The number of carbonyl (C=O) groups is 1. The molecule has 0 spiro atoms. The second-order valence-corrected chi connectivity index (χ2v) is 23.2. The Morgan fingerprint density at radius 1 is 0.457 bits per heavy atom. The zero-order valence-corrected chi connectivity index (χ0v) is 51.0. The maximum Gasteiger partial charge on any atom is 0.220 e. The molecule has 0 aromatic rings. The molecule has 0 saturated carbocycles. The van der Waals surface area contributed by atoms with Crippen molar-refractivity contribution in [2.24, 2.45) is 0 Å². The van der Waals surface area contributed by atoms with Crippen LogP contribution >= 0.6 is 0 Å². The van der Waals surface area contributed by atoms with Crippen molar-refractivity contribution in [3.63, 3.8) is 0 Å². The van der Waals surface area contributed by atoms with Crippen LogP contribution in [0.5, 0.6) is 0 Å². The molecule has 2 aliphatic heterocycles. The molecule has 2 saturated heterocycles. The van der Waals surface area contributed by atoms with Crippen LogP contribution in [-0.4, -0.2) is 140 Å². The normalized spacial score (nSPS) is 24.5. The van der Waals surface area contributed by atoms with Crippen molar-refractivity contribution in [2.45, 2.75) is 338 Å². The number of carbonyl (C=O) groups excluding carboxylic acids is 1. The molecule has 2 heterocycles. The number of amides is 1. The summed E-state index contributed by atoms with van der Waals surface area (Å²) in [5.41, 5.74) is 0. The Labute approximate surface area is 492 Å². The summed E-state index contributed by atoms with van der Waals surface area (Å²) in [4.78, 5) is 13.2. The predicted octanol–water partition coefficient (Wildman–Crippen LogP) is 12.5. The number of ether oxygens (including phenoxy) is 4. The van der Waals surface area contributed by atoms with Gasteiger partial charge < -0.3 is 65.1 Å². The number of unbranched alkanes of at least 4 members (excludes halogenated alkanes) is 32. The highest BCUT2D eigenvalue weighted by molar-refractivity contribution is 5.76. The van der Waals surface area contributed by atoms with E-state index < -0.39 is 86.8 Å². The average Bonchev–Trinajstić information content (AvgIpc) is 3.47. The summed E-state index contributed by atoms with van der Waals surface area (Å²) in [7, 11) is 0. The molecule has 14 nitrogen and oxygen atoms in total. The lowest BCUT2D eigenvalue weighted by Gasteiger charge is -2.46. The van der Waals surface area contributed by atoms with E-state index in [1.54, 1.807) is 6.08 Å². The molecule has 472 valence electrons. The van der Waals surface area contributed by atoms with Crippen molar-refractivity contribution in [3.05, 3.63) is 60.8 Å². The van der Waals surface area contributed by atoms with Crippen LogP contribution in [0.15, 0.2) is 60.8 Å². The lowest BCUT2D eigenvalue weighted by molar-refractivity contribution is -0.359. The zero-order chi connectivity index (χ0) is 58.8. The Balaban J connectivity index is 1.67. The number of nitrogens with one attached hydrogen (secondary N) is 1. The van der Waals surface area contributed by atoms with Gasteiger partial charge in [0.15, 0.2) is 12.6 Å². The van der Waals surface area contributed by atoms with Gasteiger partial charge in [0.05, 0.1) is 32.0 Å². The van der Waals surface area contributed by atoms with E-state index in [-0.39, 0.29) is 18.9 Å². The van der Waals surface area contributed by atoms with E-state index in [4.69, 9.17) is 18.9 Å². The van der Waals surface area contributed by atoms with Gasteiger partial charge in [0.25, 0.3) is 0 Å². The topological polar surface area (TPSA) is 228 Å². The molecule has 9 N–H and O–H groups in total. The van der Waals surface area contributed by atoms with Crippen molar-refractivity contribution < 1.29 is 64.6 Å². The predicted molar refractivity (Wildman–Crippen MR) is 327 cm³/mol. The molecular formula is C67H121NO13. The van der Waals surface area contributed by atoms with E-state index in [1.807, 2.05) is 6.08 Å². The molecule has 0 radical (unpaired) electrons. The lowest BCUT2D eigenvalue weighted by Crippen LogP contribution is -2.65. The molecule has 2 rings (SSSR count). The number of aliphatic hydroxyl groups is 8. The molecule has 0 bridgehead atoms. The summed E-state index contributed by atoms with van der Waals surface area (Å²) in [5.74, 6) is -0.279. The minimum absolute atomic E-state index is 0.227. The van der Waals surface area contributed by atoms with Crippen molar-refractivity contribution in [2.75, 3.05) is 19.8 Å². The Morgan fingerprint density at radius 3 is 1.31 bits per heavy atom. The molecule has 12 unspecified atom stereocenters. The second kappa shape index (κ2) is 52.1. The van der Waals surface area contributed by atoms with Crippen molar-refractivity contribution >= 4 is 5.91 Å². The minimum Gasteiger partial charge on any atom is -0.394 e. The van der Waals surface area contributed by atoms with Crippen molar-refractivity contribution in [3.8, 4) is 0 Å². The average molecular weight is 1150 g/mol. The van der Waals surface area contributed by atoms with Crippen LogP contribution in [0.2, 0.25) is 0 Å². The van der Waals surface area contributed by atoms with Crippen molar-refractivity contribution in [1.82, 2.24) is 5.32 Å². The molecule has 81 heavy (non-hydrogen) atoms. The monoisotopic (exact) mass is 1150 g/mol. The minimum atomic E-state index is -1.79. The Hall–Kier alpha value is -2.31. The van der Waals surface area contributed by atoms with Crippen LogP contribution < -0.4 is 5.32 Å². The lowest BCUT2D eigenvalue weighted by atomic mass is 9.97. The van der Waals surface area contributed by atoms with Crippen LogP contribution in [0.3, 0.4) is 0 Å². The second-order valence-electron chi connectivity index (χ2n) is 23.2. The third-order valence-corrected chi connectivity index (χ3v) is 16.0. The Kier molecular flexibility index (Phi) is 48.1. The molecular weight excluding hydrogens is 1030 g/mol. The molecule has 0 aromatic heterocycles.